The molecule has 3 heterocycles. The molecule has 1 aliphatic heterocycles. The second kappa shape index (κ2) is 6.63. The van der Waals surface area contributed by atoms with Gasteiger partial charge in [0, 0.05) is 43.2 Å². The van der Waals surface area contributed by atoms with Crippen molar-refractivity contribution in [2.45, 2.75) is 19.4 Å². The molecule has 2 aromatic heterocycles. The quantitative estimate of drug-likeness (QED) is 0.873. The van der Waals surface area contributed by atoms with Crippen molar-refractivity contribution in [1.82, 2.24) is 20.5 Å². The summed E-state index contributed by atoms with van der Waals surface area (Å²) in [6.07, 6.45) is 7.95. The number of aromatic amines is 1. The van der Waals surface area contributed by atoms with E-state index in [-0.39, 0.29) is 0 Å². The molecule has 2 aromatic rings. The van der Waals surface area contributed by atoms with Crippen LogP contribution in [0.2, 0.25) is 0 Å². The molecule has 106 valence electrons. The van der Waals surface area contributed by atoms with Gasteiger partial charge in [0.15, 0.2) is 0 Å². The first-order valence-electron chi connectivity index (χ1n) is 7.14. The lowest BCUT2D eigenvalue weighted by Crippen LogP contribution is -2.28. The topological polar surface area (TPSA) is 62.8 Å². The Balaban J connectivity index is 1.57. The highest BCUT2D eigenvalue weighted by molar-refractivity contribution is 5.61. The SMILES string of the molecule is c1cncc(-c2[nH]ncc2CNC[C@H]2CCCOC2)c1. The van der Waals surface area contributed by atoms with Crippen LogP contribution in [0.1, 0.15) is 18.4 Å². The van der Waals surface area contributed by atoms with Gasteiger partial charge in [0.2, 0.25) is 0 Å². The maximum absolute atomic E-state index is 5.50. The Morgan fingerprint density at radius 2 is 2.40 bits per heavy atom. The van der Waals surface area contributed by atoms with Crippen molar-refractivity contribution in [1.29, 1.82) is 0 Å². The smallest absolute Gasteiger partial charge is 0.0710 e. The monoisotopic (exact) mass is 272 g/mol. The van der Waals surface area contributed by atoms with Crippen LogP contribution in [0.15, 0.2) is 30.7 Å². The molecule has 1 saturated heterocycles. The predicted molar refractivity (Wildman–Crippen MR) is 77.1 cm³/mol. The molecule has 0 aromatic carbocycles. The van der Waals surface area contributed by atoms with Gasteiger partial charge < -0.3 is 10.1 Å². The molecule has 0 amide bonds. The van der Waals surface area contributed by atoms with E-state index in [0.29, 0.717) is 5.92 Å². The van der Waals surface area contributed by atoms with E-state index in [1.807, 2.05) is 24.5 Å². The first-order chi connectivity index (χ1) is 9.93. The summed E-state index contributed by atoms with van der Waals surface area (Å²) in [5.74, 6) is 0.637. The number of H-pyrrole nitrogens is 1. The second-order valence-corrected chi connectivity index (χ2v) is 5.23. The predicted octanol–water partition coefficient (Wildman–Crippen LogP) is 1.99. The molecule has 0 bridgehead atoms. The highest BCUT2D eigenvalue weighted by atomic mass is 16.5. The van der Waals surface area contributed by atoms with Gasteiger partial charge in [-0.3, -0.25) is 10.1 Å². The summed E-state index contributed by atoms with van der Waals surface area (Å²) in [4.78, 5) is 4.15. The number of pyridine rings is 1. The summed E-state index contributed by atoms with van der Waals surface area (Å²) < 4.78 is 5.50. The van der Waals surface area contributed by atoms with Crippen LogP contribution in [-0.4, -0.2) is 34.9 Å². The van der Waals surface area contributed by atoms with Gasteiger partial charge in [-0.2, -0.15) is 5.10 Å². The van der Waals surface area contributed by atoms with E-state index in [0.717, 1.165) is 37.6 Å². The Morgan fingerprint density at radius 3 is 3.20 bits per heavy atom. The Hall–Kier alpha value is -1.72. The minimum atomic E-state index is 0.637. The number of nitrogens with one attached hydrogen (secondary N) is 2. The van der Waals surface area contributed by atoms with E-state index in [1.165, 1.54) is 18.4 Å². The summed E-state index contributed by atoms with van der Waals surface area (Å²) in [5, 5.41) is 10.7. The van der Waals surface area contributed by atoms with Crippen molar-refractivity contribution in [3.05, 3.63) is 36.3 Å². The molecule has 0 radical (unpaired) electrons. The van der Waals surface area contributed by atoms with Crippen LogP contribution in [-0.2, 0) is 11.3 Å². The second-order valence-electron chi connectivity index (χ2n) is 5.23. The van der Waals surface area contributed by atoms with E-state index in [9.17, 15) is 0 Å². The molecule has 5 heteroatoms. The molecule has 1 atom stereocenters. The number of ether oxygens (including phenoxy) is 1. The minimum Gasteiger partial charge on any atom is -0.381 e. The molecule has 0 unspecified atom stereocenters. The van der Waals surface area contributed by atoms with Crippen molar-refractivity contribution >= 4 is 0 Å². The largest absolute Gasteiger partial charge is 0.381 e. The molecule has 0 saturated carbocycles. The van der Waals surface area contributed by atoms with Crippen molar-refractivity contribution in [3.63, 3.8) is 0 Å². The Morgan fingerprint density at radius 1 is 1.40 bits per heavy atom. The zero-order valence-corrected chi connectivity index (χ0v) is 11.5. The van der Waals surface area contributed by atoms with Gasteiger partial charge in [-0.1, -0.05) is 0 Å². The molecule has 20 heavy (non-hydrogen) atoms. The van der Waals surface area contributed by atoms with Crippen LogP contribution >= 0.6 is 0 Å². The third-order valence-electron chi connectivity index (χ3n) is 3.67. The average molecular weight is 272 g/mol. The lowest BCUT2D eigenvalue weighted by atomic mass is 10.0. The summed E-state index contributed by atoms with van der Waals surface area (Å²) in [5.41, 5.74) is 3.29. The minimum absolute atomic E-state index is 0.637. The number of aromatic nitrogens is 3. The summed E-state index contributed by atoms with van der Waals surface area (Å²) >= 11 is 0. The first kappa shape index (κ1) is 13.3. The van der Waals surface area contributed by atoms with Crippen LogP contribution in [0, 0.1) is 5.92 Å². The van der Waals surface area contributed by atoms with E-state index in [4.69, 9.17) is 4.74 Å². The number of hydrogen-bond acceptors (Lipinski definition) is 4. The van der Waals surface area contributed by atoms with Crippen LogP contribution in [0.4, 0.5) is 0 Å². The lowest BCUT2D eigenvalue weighted by molar-refractivity contribution is 0.0547. The highest BCUT2D eigenvalue weighted by Crippen LogP contribution is 2.19. The lowest BCUT2D eigenvalue weighted by Gasteiger charge is -2.22. The summed E-state index contributed by atoms with van der Waals surface area (Å²) in [6, 6.07) is 3.98. The van der Waals surface area contributed by atoms with Crippen LogP contribution in [0.5, 0.6) is 0 Å². The van der Waals surface area contributed by atoms with E-state index in [1.54, 1.807) is 6.20 Å². The van der Waals surface area contributed by atoms with Gasteiger partial charge in [0.05, 0.1) is 18.5 Å². The molecule has 2 N–H and O–H groups in total. The van der Waals surface area contributed by atoms with Gasteiger partial charge in [-0.15, -0.1) is 0 Å². The normalized spacial score (nSPS) is 19.1. The Bertz CT molecular complexity index is 520. The van der Waals surface area contributed by atoms with Gasteiger partial charge in [-0.25, -0.2) is 0 Å². The molecule has 0 spiro atoms. The molecule has 5 nitrogen and oxygen atoms in total. The maximum Gasteiger partial charge on any atom is 0.0710 e. The highest BCUT2D eigenvalue weighted by Gasteiger charge is 2.14. The van der Waals surface area contributed by atoms with Crippen molar-refractivity contribution < 1.29 is 4.74 Å². The van der Waals surface area contributed by atoms with Crippen LogP contribution in [0.3, 0.4) is 0 Å². The Kier molecular flexibility index (Phi) is 4.40. The molecule has 1 aliphatic rings. The zero-order chi connectivity index (χ0) is 13.6. The molecule has 3 rings (SSSR count). The van der Waals surface area contributed by atoms with Gasteiger partial charge in [-0.05, 0) is 30.9 Å². The van der Waals surface area contributed by atoms with Crippen LogP contribution in [0.25, 0.3) is 11.3 Å². The Labute approximate surface area is 118 Å². The van der Waals surface area contributed by atoms with Gasteiger partial charge >= 0.3 is 0 Å². The zero-order valence-electron chi connectivity index (χ0n) is 11.5. The van der Waals surface area contributed by atoms with E-state index >= 15 is 0 Å². The van der Waals surface area contributed by atoms with Crippen molar-refractivity contribution in [2.75, 3.05) is 19.8 Å². The van der Waals surface area contributed by atoms with Crippen LogP contribution < -0.4 is 5.32 Å². The fraction of sp³-hybridized carbons (Fsp3) is 0.467. The first-order valence-corrected chi connectivity index (χ1v) is 7.14. The fourth-order valence-electron chi connectivity index (χ4n) is 2.59. The van der Waals surface area contributed by atoms with E-state index in [2.05, 4.69) is 20.5 Å². The molecular weight excluding hydrogens is 252 g/mol. The van der Waals surface area contributed by atoms with Gasteiger partial charge in [0.25, 0.3) is 0 Å². The van der Waals surface area contributed by atoms with Crippen molar-refractivity contribution in [2.24, 2.45) is 5.92 Å². The fourth-order valence-corrected chi connectivity index (χ4v) is 2.59. The van der Waals surface area contributed by atoms with Gasteiger partial charge in [0.1, 0.15) is 0 Å². The number of rotatable bonds is 5. The van der Waals surface area contributed by atoms with E-state index < -0.39 is 0 Å². The molecular formula is C15H20N4O. The average Bonchev–Trinajstić information content (AvgIpc) is 2.98. The summed E-state index contributed by atoms with van der Waals surface area (Å²) in [7, 11) is 0. The standard InChI is InChI=1S/C15H20N4O/c1-4-13(8-16-5-1)15-14(10-18-19-15)9-17-7-12-3-2-6-20-11-12/h1,4-5,8,10,12,17H,2-3,6-7,9,11H2,(H,18,19)/t12-/m1/s1. The maximum atomic E-state index is 5.50. The molecule has 0 aliphatic carbocycles. The number of nitrogens with zero attached hydrogens (tertiary/aromatic N) is 2. The number of hydrogen-bond donors (Lipinski definition) is 2. The third kappa shape index (κ3) is 3.23. The van der Waals surface area contributed by atoms with Crippen molar-refractivity contribution in [3.8, 4) is 11.3 Å². The summed E-state index contributed by atoms with van der Waals surface area (Å²) in [6.45, 7) is 3.62. The molecule has 1 fully saturated rings. The third-order valence-corrected chi connectivity index (χ3v) is 3.67.